The minimum Gasteiger partial charge on any atom is -0.493 e. The zero-order valence-electron chi connectivity index (χ0n) is 11.5. The van der Waals surface area contributed by atoms with Crippen LogP contribution in [0.1, 0.15) is 17.4 Å². The molecule has 108 valence electrons. The van der Waals surface area contributed by atoms with E-state index in [-0.39, 0.29) is 0 Å². The van der Waals surface area contributed by atoms with Crippen molar-refractivity contribution in [1.82, 2.24) is 10.3 Å². The van der Waals surface area contributed by atoms with Crippen LogP contribution in [0.2, 0.25) is 0 Å². The van der Waals surface area contributed by atoms with Crippen LogP contribution in [0.3, 0.4) is 0 Å². The van der Waals surface area contributed by atoms with E-state index in [1.165, 1.54) is 0 Å². The largest absolute Gasteiger partial charge is 0.493 e. The number of benzene rings is 1. The van der Waals surface area contributed by atoms with Crippen molar-refractivity contribution in [3.05, 3.63) is 38.8 Å². The smallest absolute Gasteiger partial charge is 0.175 e. The molecule has 1 N–H and O–H groups in total. The molecule has 0 saturated carbocycles. The first-order valence-corrected chi connectivity index (χ1v) is 7.99. The van der Waals surface area contributed by atoms with Crippen LogP contribution in [0.4, 0.5) is 0 Å². The van der Waals surface area contributed by atoms with Crippen LogP contribution in [0.5, 0.6) is 11.5 Å². The van der Waals surface area contributed by atoms with Crippen LogP contribution in [0.15, 0.2) is 28.3 Å². The summed E-state index contributed by atoms with van der Waals surface area (Å²) in [6, 6.07) is 4.04. The van der Waals surface area contributed by atoms with E-state index >= 15 is 0 Å². The van der Waals surface area contributed by atoms with E-state index in [0.29, 0.717) is 6.61 Å². The van der Waals surface area contributed by atoms with Crippen molar-refractivity contribution >= 4 is 27.3 Å². The molecule has 0 amide bonds. The van der Waals surface area contributed by atoms with Gasteiger partial charge in [0.1, 0.15) is 6.61 Å². The zero-order valence-corrected chi connectivity index (χ0v) is 13.9. The van der Waals surface area contributed by atoms with Crippen molar-refractivity contribution in [2.24, 2.45) is 0 Å². The summed E-state index contributed by atoms with van der Waals surface area (Å²) in [4.78, 5) is 5.11. The van der Waals surface area contributed by atoms with Gasteiger partial charge in [-0.05, 0) is 40.2 Å². The van der Waals surface area contributed by atoms with Crippen LogP contribution < -0.4 is 14.8 Å². The first kappa shape index (κ1) is 15.3. The normalized spacial score (nSPS) is 10.6. The second kappa shape index (κ2) is 7.61. The second-order valence-electron chi connectivity index (χ2n) is 4.15. The highest BCUT2D eigenvalue weighted by Gasteiger charge is 2.12. The van der Waals surface area contributed by atoms with Gasteiger partial charge in [-0.2, -0.15) is 0 Å². The summed E-state index contributed by atoms with van der Waals surface area (Å²) in [6.45, 7) is 4.31. The molecular formula is C14H17BrN2O2S. The molecule has 0 atom stereocenters. The minimum absolute atomic E-state index is 0.492. The lowest BCUT2D eigenvalue weighted by Crippen LogP contribution is -2.12. The topological polar surface area (TPSA) is 43.4 Å². The zero-order chi connectivity index (χ0) is 14.4. The molecule has 1 aromatic carbocycles. The Kier molecular flexibility index (Phi) is 5.82. The van der Waals surface area contributed by atoms with Gasteiger partial charge in [0.05, 0.1) is 22.0 Å². The highest BCUT2D eigenvalue weighted by molar-refractivity contribution is 9.10. The third-order valence-corrected chi connectivity index (χ3v) is 4.05. The van der Waals surface area contributed by atoms with E-state index in [2.05, 4.69) is 33.2 Å². The summed E-state index contributed by atoms with van der Waals surface area (Å²) in [5.74, 6) is 1.46. The fourth-order valence-electron chi connectivity index (χ4n) is 1.74. The van der Waals surface area contributed by atoms with E-state index < -0.39 is 0 Å². The van der Waals surface area contributed by atoms with Crippen LogP contribution >= 0.6 is 27.3 Å². The fraction of sp³-hybridized carbons (Fsp3) is 0.357. The Morgan fingerprint density at radius 3 is 2.90 bits per heavy atom. The number of nitrogens with one attached hydrogen (secondary N) is 1. The van der Waals surface area contributed by atoms with Crippen molar-refractivity contribution in [2.75, 3.05) is 13.7 Å². The average molecular weight is 357 g/mol. The molecule has 0 spiro atoms. The average Bonchev–Trinajstić information content (AvgIpc) is 2.96. The highest BCUT2D eigenvalue weighted by Crippen LogP contribution is 2.37. The molecule has 0 aliphatic heterocycles. The van der Waals surface area contributed by atoms with Gasteiger partial charge in [0.25, 0.3) is 0 Å². The van der Waals surface area contributed by atoms with E-state index in [1.807, 2.05) is 18.3 Å². The summed E-state index contributed by atoms with van der Waals surface area (Å²) < 4.78 is 12.2. The maximum atomic E-state index is 5.84. The second-order valence-corrected chi connectivity index (χ2v) is 5.97. The molecule has 1 aromatic heterocycles. The standard InChI is InChI=1S/C14H17BrN2O2S/c1-3-16-6-10-4-12(15)14(13(5-10)18-2)19-8-11-7-17-9-20-11/h4-5,7,9,16H,3,6,8H2,1-2H3. The van der Waals surface area contributed by atoms with Gasteiger partial charge < -0.3 is 14.8 Å². The number of aromatic nitrogens is 1. The summed E-state index contributed by atoms with van der Waals surface area (Å²) in [5.41, 5.74) is 2.95. The Labute approximate surface area is 131 Å². The van der Waals surface area contributed by atoms with Crippen LogP contribution in [0, 0.1) is 0 Å². The molecule has 2 rings (SSSR count). The van der Waals surface area contributed by atoms with Gasteiger partial charge in [0.15, 0.2) is 11.5 Å². The van der Waals surface area contributed by atoms with Crippen LogP contribution in [0.25, 0.3) is 0 Å². The van der Waals surface area contributed by atoms with Gasteiger partial charge in [-0.1, -0.05) is 6.92 Å². The maximum absolute atomic E-state index is 5.84. The van der Waals surface area contributed by atoms with Crippen molar-refractivity contribution in [3.8, 4) is 11.5 Å². The number of hydrogen-bond acceptors (Lipinski definition) is 5. The maximum Gasteiger partial charge on any atom is 0.175 e. The third kappa shape index (κ3) is 3.94. The van der Waals surface area contributed by atoms with E-state index in [4.69, 9.17) is 9.47 Å². The van der Waals surface area contributed by atoms with Gasteiger partial charge in [-0.25, -0.2) is 0 Å². The molecule has 6 heteroatoms. The predicted molar refractivity (Wildman–Crippen MR) is 84.5 cm³/mol. The molecule has 2 aromatic rings. The monoisotopic (exact) mass is 356 g/mol. The molecule has 20 heavy (non-hydrogen) atoms. The number of methoxy groups -OCH3 is 1. The van der Waals surface area contributed by atoms with Gasteiger partial charge in [-0.15, -0.1) is 11.3 Å². The Bertz CT molecular complexity index is 546. The lowest BCUT2D eigenvalue weighted by atomic mass is 10.2. The number of thiazole rings is 1. The Hall–Kier alpha value is -1.11. The van der Waals surface area contributed by atoms with Gasteiger partial charge in [0.2, 0.25) is 0 Å². The number of rotatable bonds is 7. The number of ether oxygens (including phenoxy) is 2. The van der Waals surface area contributed by atoms with Crippen molar-refractivity contribution in [3.63, 3.8) is 0 Å². The quantitative estimate of drug-likeness (QED) is 0.822. The van der Waals surface area contributed by atoms with E-state index in [9.17, 15) is 0 Å². The van der Waals surface area contributed by atoms with Gasteiger partial charge in [-0.3, -0.25) is 4.98 Å². The lowest BCUT2D eigenvalue weighted by molar-refractivity contribution is 0.285. The highest BCUT2D eigenvalue weighted by atomic mass is 79.9. The Balaban J connectivity index is 2.14. The van der Waals surface area contributed by atoms with Crippen molar-refractivity contribution in [2.45, 2.75) is 20.1 Å². The summed E-state index contributed by atoms with van der Waals surface area (Å²) in [7, 11) is 1.65. The Morgan fingerprint density at radius 1 is 1.40 bits per heavy atom. The lowest BCUT2D eigenvalue weighted by Gasteiger charge is -2.14. The number of nitrogens with zero attached hydrogens (tertiary/aromatic N) is 1. The number of halogens is 1. The summed E-state index contributed by atoms with van der Waals surface area (Å²) >= 11 is 5.12. The molecule has 0 aliphatic rings. The molecular weight excluding hydrogens is 340 g/mol. The third-order valence-electron chi connectivity index (χ3n) is 2.71. The summed E-state index contributed by atoms with van der Waals surface area (Å²) in [5, 5.41) is 3.29. The molecule has 0 saturated heterocycles. The minimum atomic E-state index is 0.492. The molecule has 0 bridgehead atoms. The van der Waals surface area contributed by atoms with Crippen molar-refractivity contribution in [1.29, 1.82) is 0 Å². The molecule has 1 heterocycles. The van der Waals surface area contributed by atoms with Gasteiger partial charge in [0, 0.05) is 12.7 Å². The fourth-order valence-corrected chi connectivity index (χ4v) is 2.85. The molecule has 4 nitrogen and oxygen atoms in total. The van der Waals surface area contributed by atoms with Crippen LogP contribution in [-0.4, -0.2) is 18.6 Å². The van der Waals surface area contributed by atoms with E-state index in [1.54, 1.807) is 24.0 Å². The van der Waals surface area contributed by atoms with Crippen molar-refractivity contribution < 1.29 is 9.47 Å². The molecule has 0 aliphatic carbocycles. The predicted octanol–water partition coefficient (Wildman–Crippen LogP) is 3.60. The van der Waals surface area contributed by atoms with Crippen LogP contribution in [-0.2, 0) is 13.2 Å². The molecule has 0 fully saturated rings. The van der Waals surface area contributed by atoms with E-state index in [0.717, 1.165) is 39.5 Å². The number of hydrogen-bond donors (Lipinski definition) is 1. The Morgan fingerprint density at radius 2 is 2.25 bits per heavy atom. The first-order chi connectivity index (χ1) is 9.74. The first-order valence-electron chi connectivity index (χ1n) is 6.32. The molecule has 0 unspecified atom stereocenters. The SMILES string of the molecule is CCNCc1cc(Br)c(OCc2cncs2)c(OC)c1. The molecule has 0 radical (unpaired) electrons. The summed E-state index contributed by atoms with van der Waals surface area (Å²) in [6.07, 6.45) is 1.81. The van der Waals surface area contributed by atoms with Gasteiger partial charge >= 0.3 is 0 Å².